The molecular formula is C12H18ClN5O. The summed E-state index contributed by atoms with van der Waals surface area (Å²) in [6.07, 6.45) is 0. The highest BCUT2D eigenvalue weighted by molar-refractivity contribution is 5.85. The van der Waals surface area contributed by atoms with E-state index in [1.165, 1.54) is 0 Å². The number of aromatic nitrogens is 4. The maximum absolute atomic E-state index is 5.27. The summed E-state index contributed by atoms with van der Waals surface area (Å²) in [7, 11) is 1.88. The molecule has 19 heavy (non-hydrogen) atoms. The number of nitrogens with zero attached hydrogens (tertiary/aromatic N) is 4. The predicted octanol–water partition coefficient (Wildman–Crippen LogP) is 2.17. The molecule has 0 aromatic carbocycles. The van der Waals surface area contributed by atoms with Gasteiger partial charge in [0.1, 0.15) is 5.69 Å². The third kappa shape index (κ3) is 3.48. The summed E-state index contributed by atoms with van der Waals surface area (Å²) in [6, 6.07) is 3.75. The Morgan fingerprint density at radius 3 is 2.47 bits per heavy atom. The number of rotatable bonds is 4. The molecule has 0 saturated carbocycles. The normalized spacial score (nSPS) is 12.3. The molecule has 0 aliphatic heterocycles. The van der Waals surface area contributed by atoms with Crippen LogP contribution >= 0.6 is 12.4 Å². The Kier molecular flexibility index (Phi) is 5.38. The lowest BCUT2D eigenvalue weighted by atomic mass is 10.1. The van der Waals surface area contributed by atoms with Crippen molar-refractivity contribution in [2.24, 2.45) is 5.92 Å². The van der Waals surface area contributed by atoms with Gasteiger partial charge in [-0.15, -0.1) is 17.5 Å². The maximum Gasteiger partial charge on any atom is 0.244 e. The molecule has 7 heteroatoms. The number of halogens is 1. The van der Waals surface area contributed by atoms with Gasteiger partial charge in [-0.25, -0.2) is 0 Å². The third-order valence-corrected chi connectivity index (χ3v) is 2.71. The highest BCUT2D eigenvalue weighted by Crippen LogP contribution is 2.21. The van der Waals surface area contributed by atoms with Gasteiger partial charge >= 0.3 is 0 Å². The Morgan fingerprint density at radius 1 is 1.21 bits per heavy atom. The molecule has 0 saturated heterocycles. The Labute approximate surface area is 118 Å². The molecule has 1 atom stereocenters. The maximum atomic E-state index is 5.27. The van der Waals surface area contributed by atoms with Crippen LogP contribution in [0.1, 0.15) is 31.5 Å². The molecule has 0 unspecified atom stereocenters. The van der Waals surface area contributed by atoms with Crippen LogP contribution in [0.3, 0.4) is 0 Å². The molecule has 0 aliphatic rings. The van der Waals surface area contributed by atoms with Crippen molar-refractivity contribution >= 4 is 12.4 Å². The average molecular weight is 284 g/mol. The van der Waals surface area contributed by atoms with E-state index in [0.29, 0.717) is 23.3 Å². The van der Waals surface area contributed by atoms with Gasteiger partial charge in [0, 0.05) is 0 Å². The molecular weight excluding hydrogens is 266 g/mol. The summed E-state index contributed by atoms with van der Waals surface area (Å²) >= 11 is 0. The van der Waals surface area contributed by atoms with Gasteiger partial charge in [0.15, 0.2) is 0 Å². The second-order valence-electron chi connectivity index (χ2n) is 4.53. The second-order valence-corrected chi connectivity index (χ2v) is 4.53. The van der Waals surface area contributed by atoms with Crippen molar-refractivity contribution in [2.75, 3.05) is 7.05 Å². The number of aryl methyl sites for hydroxylation is 1. The lowest BCUT2D eigenvalue weighted by Gasteiger charge is -2.14. The Bertz CT molecular complexity index is 511. The molecule has 2 heterocycles. The predicted molar refractivity (Wildman–Crippen MR) is 73.9 cm³/mol. The minimum absolute atomic E-state index is 0. The van der Waals surface area contributed by atoms with E-state index in [2.05, 4.69) is 39.5 Å². The topological polar surface area (TPSA) is 76.7 Å². The smallest absolute Gasteiger partial charge is 0.244 e. The first-order chi connectivity index (χ1) is 8.61. The number of hydrogen-bond acceptors (Lipinski definition) is 6. The monoisotopic (exact) mass is 283 g/mol. The zero-order chi connectivity index (χ0) is 13.1. The van der Waals surface area contributed by atoms with E-state index in [1.807, 2.05) is 26.1 Å². The minimum Gasteiger partial charge on any atom is -0.337 e. The van der Waals surface area contributed by atoms with Crippen molar-refractivity contribution in [3.8, 4) is 11.5 Å². The summed E-state index contributed by atoms with van der Waals surface area (Å²) in [5.41, 5.74) is 1.48. The van der Waals surface area contributed by atoms with Crippen molar-refractivity contribution < 1.29 is 4.52 Å². The van der Waals surface area contributed by atoms with E-state index in [4.69, 9.17) is 4.52 Å². The van der Waals surface area contributed by atoms with E-state index < -0.39 is 0 Å². The molecule has 2 aromatic heterocycles. The van der Waals surface area contributed by atoms with Crippen molar-refractivity contribution in [3.63, 3.8) is 0 Å². The largest absolute Gasteiger partial charge is 0.337 e. The summed E-state index contributed by atoms with van der Waals surface area (Å²) in [4.78, 5) is 4.36. The summed E-state index contributed by atoms with van der Waals surface area (Å²) in [6.45, 7) is 6.07. The van der Waals surface area contributed by atoms with Gasteiger partial charge in [-0.3, -0.25) is 0 Å². The highest BCUT2D eigenvalue weighted by atomic mass is 35.5. The molecule has 1 N–H and O–H groups in total. The van der Waals surface area contributed by atoms with Crippen LogP contribution in [0.4, 0.5) is 0 Å². The molecule has 0 spiro atoms. The van der Waals surface area contributed by atoms with Crippen LogP contribution in [-0.4, -0.2) is 27.4 Å². The van der Waals surface area contributed by atoms with Crippen molar-refractivity contribution in [2.45, 2.75) is 26.8 Å². The zero-order valence-corrected chi connectivity index (χ0v) is 12.2. The fraction of sp³-hybridized carbons (Fsp3) is 0.500. The highest BCUT2D eigenvalue weighted by Gasteiger charge is 2.21. The molecule has 2 aromatic rings. The van der Waals surface area contributed by atoms with Gasteiger partial charge in [0.05, 0.1) is 11.7 Å². The zero-order valence-electron chi connectivity index (χ0n) is 11.4. The molecule has 0 bridgehead atoms. The molecule has 104 valence electrons. The van der Waals surface area contributed by atoms with Crippen molar-refractivity contribution in [3.05, 3.63) is 23.7 Å². The lowest BCUT2D eigenvalue weighted by Crippen LogP contribution is -2.21. The first-order valence-corrected chi connectivity index (χ1v) is 5.93. The van der Waals surface area contributed by atoms with Gasteiger partial charge in [-0.2, -0.15) is 10.1 Å². The molecule has 0 amide bonds. The van der Waals surface area contributed by atoms with E-state index in [9.17, 15) is 0 Å². The van der Waals surface area contributed by atoms with Gasteiger partial charge in [0.2, 0.25) is 11.7 Å². The first kappa shape index (κ1) is 15.5. The van der Waals surface area contributed by atoms with Crippen LogP contribution in [-0.2, 0) is 0 Å². The van der Waals surface area contributed by atoms with Gasteiger partial charge in [-0.05, 0) is 32.0 Å². The van der Waals surface area contributed by atoms with Gasteiger partial charge in [0.25, 0.3) is 0 Å². The number of hydrogen-bond donors (Lipinski definition) is 1. The van der Waals surface area contributed by atoms with E-state index in [-0.39, 0.29) is 18.4 Å². The fourth-order valence-corrected chi connectivity index (χ4v) is 1.73. The fourth-order valence-electron chi connectivity index (χ4n) is 1.73. The van der Waals surface area contributed by atoms with Crippen LogP contribution in [0, 0.1) is 12.8 Å². The Hall–Kier alpha value is -1.53. The second kappa shape index (κ2) is 6.58. The first-order valence-electron chi connectivity index (χ1n) is 5.93. The van der Waals surface area contributed by atoms with Crippen LogP contribution < -0.4 is 5.32 Å². The van der Waals surface area contributed by atoms with Crippen LogP contribution in [0.25, 0.3) is 11.5 Å². The molecule has 6 nitrogen and oxygen atoms in total. The SMILES string of the molecule is CN[C@H](c1nc(-c2ccc(C)nn2)no1)C(C)C.Cl. The molecule has 0 radical (unpaired) electrons. The van der Waals surface area contributed by atoms with E-state index in [0.717, 1.165) is 5.69 Å². The molecule has 0 aliphatic carbocycles. The Morgan fingerprint density at radius 2 is 1.95 bits per heavy atom. The van der Waals surface area contributed by atoms with Crippen molar-refractivity contribution in [1.82, 2.24) is 25.7 Å². The quantitative estimate of drug-likeness (QED) is 0.927. The Balaban J connectivity index is 0.00000180. The van der Waals surface area contributed by atoms with Crippen LogP contribution in [0.5, 0.6) is 0 Å². The molecule has 0 fully saturated rings. The summed E-state index contributed by atoms with van der Waals surface area (Å²) in [5.74, 6) is 1.41. The van der Waals surface area contributed by atoms with Gasteiger partial charge in [-0.1, -0.05) is 19.0 Å². The summed E-state index contributed by atoms with van der Waals surface area (Å²) in [5, 5.41) is 15.1. The molecule has 2 rings (SSSR count). The van der Waals surface area contributed by atoms with Crippen LogP contribution in [0.15, 0.2) is 16.7 Å². The lowest BCUT2D eigenvalue weighted by molar-refractivity contribution is 0.300. The number of nitrogens with one attached hydrogen (secondary N) is 1. The standard InChI is InChI=1S/C12H17N5O.ClH/c1-7(2)10(13-4)12-14-11(17-18-12)9-6-5-8(3)15-16-9;/h5-7,10,13H,1-4H3;1H/t10-;/m0./s1. The minimum atomic E-state index is 0. The van der Waals surface area contributed by atoms with Crippen LogP contribution in [0.2, 0.25) is 0 Å². The summed E-state index contributed by atoms with van der Waals surface area (Å²) < 4.78 is 5.27. The van der Waals surface area contributed by atoms with E-state index >= 15 is 0 Å². The van der Waals surface area contributed by atoms with E-state index in [1.54, 1.807) is 0 Å². The average Bonchev–Trinajstić information content (AvgIpc) is 2.80. The van der Waals surface area contributed by atoms with Gasteiger partial charge < -0.3 is 9.84 Å². The van der Waals surface area contributed by atoms with Crippen molar-refractivity contribution in [1.29, 1.82) is 0 Å². The third-order valence-electron chi connectivity index (χ3n) is 2.71.